The zero-order valence-corrected chi connectivity index (χ0v) is 20.5. The highest BCUT2D eigenvalue weighted by atomic mass is 35.5. The van der Waals surface area contributed by atoms with Gasteiger partial charge in [-0.25, -0.2) is 4.79 Å². The van der Waals surface area contributed by atoms with Crippen molar-refractivity contribution in [3.63, 3.8) is 0 Å². The molecule has 0 fully saturated rings. The number of rotatable bonds is 9. The first kappa shape index (κ1) is 25.1. The topological polar surface area (TPSA) is 94.8 Å². The lowest BCUT2D eigenvalue weighted by Gasteiger charge is -2.27. The van der Waals surface area contributed by atoms with Crippen LogP contribution >= 0.6 is 11.6 Å². The quantitative estimate of drug-likeness (QED) is 0.279. The van der Waals surface area contributed by atoms with E-state index in [1.165, 1.54) is 4.90 Å². The monoisotopic (exact) mass is 490 g/mol. The molecule has 0 aliphatic rings. The highest BCUT2D eigenvalue weighted by molar-refractivity contribution is 7.92. The number of fused-ring (bicyclic) bond motifs is 1. The van der Waals surface area contributed by atoms with E-state index in [-0.39, 0.29) is 18.5 Å². The van der Waals surface area contributed by atoms with Crippen LogP contribution in [0.4, 0.5) is 5.82 Å². The first-order valence-electron chi connectivity index (χ1n) is 10.4. The number of carbonyl (C=O) groups excluding carboxylic acids is 2. The number of hydrogen-bond acceptors (Lipinski definition) is 5. The average molecular weight is 491 g/mol. The number of anilines is 1. The first-order chi connectivity index (χ1) is 15.7. The minimum absolute atomic E-state index is 0.239. The van der Waals surface area contributed by atoms with Crippen LogP contribution in [0.15, 0.2) is 47.4 Å². The highest BCUT2D eigenvalue weighted by Crippen LogP contribution is 2.34. The van der Waals surface area contributed by atoms with Gasteiger partial charge < -0.3 is 19.0 Å². The molecule has 0 bridgehead atoms. The maximum atomic E-state index is 12.5. The standard InChI is InChI=1S/C24H27ClN2O5S/c1-15(2)32-24(30)13-33(31)18-7-5-17(6-8-18)22(12-28)27(14-29)23-11-19-20(25)9-16(3)10-21(19)26(23)4/h5-11,14-15,22,28H,12-13H2,1-4H3/t22-,33?/m1/s1. The van der Waals surface area contributed by atoms with Gasteiger partial charge in [-0.05, 0) is 73.4 Å². The summed E-state index contributed by atoms with van der Waals surface area (Å²) in [4.78, 5) is 25.8. The van der Waals surface area contributed by atoms with E-state index >= 15 is 0 Å². The normalized spacial score (nSPS) is 13.2. The number of ether oxygens (including phenoxy) is 1. The Kier molecular flexibility index (Phi) is 8.07. The van der Waals surface area contributed by atoms with Crippen LogP contribution in [0, 0.1) is 6.92 Å². The lowest BCUT2D eigenvalue weighted by molar-refractivity contribution is -0.144. The Bertz CT molecular complexity index is 1150. The summed E-state index contributed by atoms with van der Waals surface area (Å²) in [6.45, 7) is 5.08. The molecule has 1 aromatic heterocycles. The smallest absolute Gasteiger partial charge is 0.357 e. The summed E-state index contributed by atoms with van der Waals surface area (Å²) < 4.78 is 19.4. The van der Waals surface area contributed by atoms with Crippen LogP contribution < -0.4 is 4.90 Å². The van der Waals surface area contributed by atoms with Gasteiger partial charge in [0.2, 0.25) is 12.2 Å². The van der Waals surface area contributed by atoms with Crippen LogP contribution in [0.5, 0.6) is 0 Å². The predicted octanol–water partition coefficient (Wildman–Crippen LogP) is 3.90. The largest absolute Gasteiger partial charge is 0.611 e. The number of aliphatic hydroxyl groups is 1. The molecule has 0 aliphatic carbocycles. The molecule has 9 heteroatoms. The van der Waals surface area contributed by atoms with Crippen LogP contribution in [-0.4, -0.2) is 45.1 Å². The number of amides is 1. The molecule has 0 radical (unpaired) electrons. The Hall–Kier alpha value is -2.52. The van der Waals surface area contributed by atoms with Crippen molar-refractivity contribution in [3.05, 3.63) is 58.6 Å². The number of carbonyl (C=O) groups is 2. The van der Waals surface area contributed by atoms with Gasteiger partial charge in [0.15, 0.2) is 4.90 Å². The van der Waals surface area contributed by atoms with Crippen LogP contribution in [0.1, 0.15) is 31.0 Å². The van der Waals surface area contributed by atoms with E-state index in [1.807, 2.05) is 36.7 Å². The second kappa shape index (κ2) is 10.6. The number of aliphatic hydroxyl groups excluding tert-OH is 1. The van der Waals surface area contributed by atoms with E-state index in [4.69, 9.17) is 16.3 Å². The van der Waals surface area contributed by atoms with Gasteiger partial charge in [-0.1, -0.05) is 23.7 Å². The van der Waals surface area contributed by atoms with E-state index in [1.54, 1.807) is 38.1 Å². The molecule has 3 aromatic rings. The SMILES string of the molecule is Cc1cc(Cl)c2cc(N(C=O)[C@H](CO)c3ccc([S+]([O-])CC(=O)OC(C)C)cc3)n(C)c2c1. The predicted molar refractivity (Wildman–Crippen MR) is 130 cm³/mol. The van der Waals surface area contributed by atoms with Crippen molar-refractivity contribution < 1.29 is 24.0 Å². The summed E-state index contributed by atoms with van der Waals surface area (Å²) in [7, 11) is 1.83. The Morgan fingerprint density at radius 3 is 2.52 bits per heavy atom. The van der Waals surface area contributed by atoms with E-state index < -0.39 is 23.2 Å². The molecule has 1 amide bonds. The van der Waals surface area contributed by atoms with E-state index in [0.717, 1.165) is 16.5 Å². The van der Waals surface area contributed by atoms with Crippen LogP contribution in [-0.2, 0) is 32.5 Å². The summed E-state index contributed by atoms with van der Waals surface area (Å²) in [6.07, 6.45) is 0.397. The molecular weight excluding hydrogens is 464 g/mol. The Labute approximate surface area is 201 Å². The molecule has 0 saturated carbocycles. The lowest BCUT2D eigenvalue weighted by Crippen LogP contribution is -2.31. The molecule has 176 valence electrons. The van der Waals surface area contributed by atoms with Crippen molar-refractivity contribution >= 4 is 51.9 Å². The van der Waals surface area contributed by atoms with E-state index in [9.17, 15) is 19.2 Å². The molecule has 3 rings (SSSR count). The van der Waals surface area contributed by atoms with Crippen LogP contribution in [0.2, 0.25) is 5.02 Å². The molecular formula is C24H27ClN2O5S. The van der Waals surface area contributed by atoms with Crippen LogP contribution in [0.3, 0.4) is 0 Å². The Balaban J connectivity index is 1.88. The van der Waals surface area contributed by atoms with Gasteiger partial charge in [0, 0.05) is 12.4 Å². The average Bonchev–Trinajstić information content (AvgIpc) is 3.08. The minimum atomic E-state index is -1.56. The van der Waals surface area contributed by atoms with Crippen molar-refractivity contribution in [2.75, 3.05) is 17.3 Å². The Morgan fingerprint density at radius 2 is 1.94 bits per heavy atom. The van der Waals surface area contributed by atoms with Crippen LogP contribution in [0.25, 0.3) is 10.9 Å². The second-order valence-corrected chi connectivity index (χ2v) is 9.91. The number of nitrogens with zero attached hydrogens (tertiary/aromatic N) is 2. The van der Waals surface area contributed by atoms with E-state index in [0.29, 0.717) is 27.7 Å². The van der Waals surface area contributed by atoms with Gasteiger partial charge >= 0.3 is 5.97 Å². The van der Waals surface area contributed by atoms with E-state index in [2.05, 4.69) is 0 Å². The summed E-state index contributed by atoms with van der Waals surface area (Å²) in [5, 5.41) is 11.5. The molecule has 0 saturated heterocycles. The number of hydrogen-bond donors (Lipinski definition) is 1. The van der Waals surface area contributed by atoms with Gasteiger partial charge in [-0.2, -0.15) is 0 Å². The number of halogens is 1. The molecule has 0 spiro atoms. The Morgan fingerprint density at radius 1 is 1.27 bits per heavy atom. The highest BCUT2D eigenvalue weighted by Gasteiger charge is 2.25. The third kappa shape index (κ3) is 5.52. The van der Waals surface area contributed by atoms with Gasteiger partial charge in [0.1, 0.15) is 5.82 Å². The number of benzene rings is 2. The van der Waals surface area contributed by atoms with Crippen molar-refractivity contribution in [3.8, 4) is 0 Å². The fourth-order valence-electron chi connectivity index (χ4n) is 3.72. The van der Waals surface area contributed by atoms with Gasteiger partial charge in [-0.3, -0.25) is 9.69 Å². The van der Waals surface area contributed by atoms with Crippen molar-refractivity contribution in [2.45, 2.75) is 37.8 Å². The van der Waals surface area contributed by atoms with Gasteiger partial charge in [0.05, 0.1) is 29.3 Å². The summed E-state index contributed by atoms with van der Waals surface area (Å²) in [5.41, 5.74) is 2.53. The molecule has 1 heterocycles. The molecule has 0 aliphatic heterocycles. The molecule has 33 heavy (non-hydrogen) atoms. The van der Waals surface area contributed by atoms with Crippen molar-refractivity contribution in [2.24, 2.45) is 7.05 Å². The third-order valence-electron chi connectivity index (χ3n) is 5.26. The van der Waals surface area contributed by atoms with Gasteiger partial charge in [-0.15, -0.1) is 0 Å². The lowest BCUT2D eigenvalue weighted by atomic mass is 10.1. The molecule has 7 nitrogen and oxygen atoms in total. The van der Waals surface area contributed by atoms with Crippen molar-refractivity contribution in [1.29, 1.82) is 0 Å². The number of aryl methyl sites for hydroxylation is 2. The summed E-state index contributed by atoms with van der Waals surface area (Å²) in [5.74, 6) is -0.189. The minimum Gasteiger partial charge on any atom is -0.611 e. The van der Waals surface area contributed by atoms with Crippen molar-refractivity contribution in [1.82, 2.24) is 4.57 Å². The zero-order valence-electron chi connectivity index (χ0n) is 18.9. The summed E-state index contributed by atoms with van der Waals surface area (Å²) in [6, 6.07) is 11.6. The fraction of sp³-hybridized carbons (Fsp3) is 0.333. The third-order valence-corrected chi connectivity index (χ3v) is 6.87. The number of aromatic nitrogens is 1. The first-order valence-corrected chi connectivity index (χ1v) is 12.1. The maximum absolute atomic E-state index is 12.5. The van der Waals surface area contributed by atoms with Gasteiger partial charge in [0.25, 0.3) is 0 Å². The fourth-order valence-corrected chi connectivity index (χ4v) is 4.93. The maximum Gasteiger partial charge on any atom is 0.357 e. The number of esters is 1. The second-order valence-electron chi connectivity index (χ2n) is 8.05. The molecule has 1 unspecified atom stereocenters. The molecule has 2 aromatic carbocycles. The molecule has 2 atom stereocenters. The molecule has 1 N–H and O–H groups in total. The summed E-state index contributed by atoms with van der Waals surface area (Å²) >= 11 is 4.85. The zero-order chi connectivity index (χ0) is 24.3.